The summed E-state index contributed by atoms with van der Waals surface area (Å²) in [6.45, 7) is 12.0. The molecule has 29 heavy (non-hydrogen) atoms. The van der Waals surface area contributed by atoms with E-state index in [0.29, 0.717) is 48.6 Å². The Morgan fingerprint density at radius 2 is 1.86 bits per heavy atom. The summed E-state index contributed by atoms with van der Waals surface area (Å²) in [5.41, 5.74) is 1.84. The van der Waals surface area contributed by atoms with E-state index >= 15 is 0 Å². The van der Waals surface area contributed by atoms with Crippen molar-refractivity contribution in [2.45, 2.75) is 77.2 Å². The number of fused-ring (bicyclic) bond motifs is 3. The molecule has 5 unspecified atom stereocenters. The van der Waals surface area contributed by atoms with Gasteiger partial charge in [0.05, 0.1) is 12.7 Å². The zero-order valence-electron chi connectivity index (χ0n) is 18.6. The molecule has 0 aromatic carbocycles. The Hall–Kier alpha value is -0.420. The minimum atomic E-state index is 0.343. The average Bonchev–Trinajstić information content (AvgIpc) is 3.28. The Morgan fingerprint density at radius 1 is 1.14 bits per heavy atom. The minimum Gasteiger partial charge on any atom is -0.396 e. The van der Waals surface area contributed by atoms with Gasteiger partial charge in [0.2, 0.25) is 0 Å². The number of rotatable bonds is 4. The highest BCUT2D eigenvalue weighted by atomic mass is 16.7. The number of hydrogen-bond donors (Lipinski definition) is 1. The lowest BCUT2D eigenvalue weighted by atomic mass is 9.50. The molecule has 1 N–H and O–H groups in total. The van der Waals surface area contributed by atoms with Crippen molar-refractivity contribution in [3.63, 3.8) is 0 Å². The molecule has 5 aliphatic rings. The summed E-state index contributed by atoms with van der Waals surface area (Å²) in [5, 5.41) is 9.20. The standard InChI is InChI=1S/C20H33NO3.C5H10/c1-14-3-4-18-16-12-23-13-24-19(16)5-7-20(18,2)17(14)6-8-21-9-15(10-21)11-22;1-2-4-5-3-1/h15-19,22H,1,3-13H2,2H3;1-5H2. The monoisotopic (exact) mass is 405 g/mol. The highest BCUT2D eigenvalue weighted by Gasteiger charge is 2.53. The van der Waals surface area contributed by atoms with Crippen molar-refractivity contribution in [2.24, 2.45) is 29.1 Å². The first kappa shape index (κ1) is 21.8. The van der Waals surface area contributed by atoms with Gasteiger partial charge in [-0.1, -0.05) is 51.2 Å². The fourth-order valence-corrected chi connectivity index (χ4v) is 7.01. The summed E-state index contributed by atoms with van der Waals surface area (Å²) in [6.07, 6.45) is 14.0. The van der Waals surface area contributed by atoms with Gasteiger partial charge >= 0.3 is 0 Å². The van der Waals surface area contributed by atoms with E-state index in [1.54, 1.807) is 0 Å². The number of nitrogens with zero attached hydrogens (tertiary/aromatic N) is 1. The summed E-state index contributed by atoms with van der Waals surface area (Å²) < 4.78 is 11.6. The van der Waals surface area contributed by atoms with E-state index in [2.05, 4.69) is 18.4 Å². The second-order valence-corrected chi connectivity index (χ2v) is 10.6. The lowest BCUT2D eigenvalue weighted by molar-refractivity contribution is -0.218. The molecule has 2 saturated heterocycles. The van der Waals surface area contributed by atoms with Gasteiger partial charge in [-0.15, -0.1) is 0 Å². The first-order valence-electron chi connectivity index (χ1n) is 12.3. The first-order valence-corrected chi connectivity index (χ1v) is 12.3. The van der Waals surface area contributed by atoms with E-state index in [-0.39, 0.29) is 0 Å². The van der Waals surface area contributed by atoms with Crippen LogP contribution in [0.5, 0.6) is 0 Å². The Kier molecular flexibility index (Phi) is 7.37. The zero-order valence-corrected chi connectivity index (χ0v) is 18.6. The predicted octanol–water partition coefficient (Wildman–Crippen LogP) is 4.62. The molecule has 4 nitrogen and oxygen atoms in total. The zero-order chi connectivity index (χ0) is 20.3. The fourth-order valence-electron chi connectivity index (χ4n) is 7.01. The second kappa shape index (κ2) is 9.80. The van der Waals surface area contributed by atoms with E-state index in [1.807, 2.05) is 0 Å². The van der Waals surface area contributed by atoms with Crippen molar-refractivity contribution < 1.29 is 14.6 Å². The van der Waals surface area contributed by atoms with Crippen molar-refractivity contribution in [3.8, 4) is 0 Å². The van der Waals surface area contributed by atoms with E-state index in [9.17, 15) is 5.11 Å². The molecule has 2 heterocycles. The number of hydrogen-bond acceptors (Lipinski definition) is 4. The number of likely N-dealkylation sites (tertiary alicyclic amines) is 1. The van der Waals surface area contributed by atoms with E-state index in [0.717, 1.165) is 26.2 Å². The SMILES string of the molecule is C1CCCC1.C=C1CCC2C3COCOC3CCC2(C)C1CCN1CC(CO)C1. The number of allylic oxidation sites excluding steroid dienone is 1. The predicted molar refractivity (Wildman–Crippen MR) is 117 cm³/mol. The topological polar surface area (TPSA) is 41.9 Å². The summed E-state index contributed by atoms with van der Waals surface area (Å²) in [7, 11) is 0. The van der Waals surface area contributed by atoms with Crippen molar-refractivity contribution in [2.75, 3.05) is 39.6 Å². The molecular formula is C25H43NO3. The van der Waals surface area contributed by atoms with E-state index in [1.165, 1.54) is 69.8 Å². The van der Waals surface area contributed by atoms with Gasteiger partial charge in [-0.05, 0) is 55.9 Å². The van der Waals surface area contributed by atoms with Gasteiger partial charge in [-0.25, -0.2) is 0 Å². The minimum absolute atomic E-state index is 0.343. The highest BCUT2D eigenvalue weighted by molar-refractivity contribution is 5.15. The second-order valence-electron chi connectivity index (χ2n) is 10.6. The third-order valence-electron chi connectivity index (χ3n) is 8.83. The Bertz CT molecular complexity index is 535. The van der Waals surface area contributed by atoms with Crippen LogP contribution >= 0.6 is 0 Å². The van der Waals surface area contributed by atoms with Gasteiger partial charge in [-0.3, -0.25) is 0 Å². The third-order valence-corrected chi connectivity index (χ3v) is 8.83. The van der Waals surface area contributed by atoms with Crippen molar-refractivity contribution in [1.82, 2.24) is 4.90 Å². The fraction of sp³-hybridized carbons (Fsp3) is 0.920. The molecule has 0 bridgehead atoms. The van der Waals surface area contributed by atoms with Gasteiger partial charge in [0.1, 0.15) is 6.79 Å². The van der Waals surface area contributed by atoms with Gasteiger partial charge < -0.3 is 19.5 Å². The molecule has 5 atom stereocenters. The van der Waals surface area contributed by atoms with Crippen LogP contribution in [0.25, 0.3) is 0 Å². The lowest BCUT2D eigenvalue weighted by Crippen LogP contribution is -2.55. The summed E-state index contributed by atoms with van der Waals surface area (Å²) >= 11 is 0. The maximum atomic E-state index is 9.20. The molecule has 0 radical (unpaired) electrons. The van der Waals surface area contributed by atoms with Crippen molar-refractivity contribution in [1.29, 1.82) is 0 Å². The van der Waals surface area contributed by atoms with Crippen LogP contribution < -0.4 is 0 Å². The van der Waals surface area contributed by atoms with Crippen molar-refractivity contribution >= 4 is 0 Å². The maximum Gasteiger partial charge on any atom is 0.147 e. The number of aliphatic hydroxyl groups excluding tert-OH is 1. The molecule has 3 saturated carbocycles. The van der Waals surface area contributed by atoms with Gasteiger partial charge in [0, 0.05) is 31.5 Å². The van der Waals surface area contributed by atoms with Crippen LogP contribution in [-0.4, -0.2) is 55.8 Å². The molecule has 2 aliphatic heterocycles. The molecule has 0 aromatic rings. The van der Waals surface area contributed by atoms with Gasteiger partial charge in [-0.2, -0.15) is 0 Å². The quantitative estimate of drug-likeness (QED) is 0.693. The number of aliphatic hydroxyl groups is 1. The molecule has 0 spiro atoms. The van der Waals surface area contributed by atoms with Crippen LogP contribution in [-0.2, 0) is 9.47 Å². The molecule has 4 heteroatoms. The average molecular weight is 406 g/mol. The molecular weight excluding hydrogens is 362 g/mol. The van der Waals surface area contributed by atoms with Crippen LogP contribution in [0.3, 0.4) is 0 Å². The lowest BCUT2D eigenvalue weighted by Gasteiger charge is -2.57. The highest BCUT2D eigenvalue weighted by Crippen LogP contribution is 2.58. The molecule has 166 valence electrons. The normalized spacial score (nSPS) is 40.4. The molecule has 0 aromatic heterocycles. The summed E-state index contributed by atoms with van der Waals surface area (Å²) in [6, 6.07) is 0. The summed E-state index contributed by atoms with van der Waals surface area (Å²) in [5.74, 6) is 2.44. The number of ether oxygens (including phenoxy) is 2. The van der Waals surface area contributed by atoms with Crippen LogP contribution in [0, 0.1) is 29.1 Å². The molecule has 5 rings (SSSR count). The summed E-state index contributed by atoms with van der Waals surface area (Å²) in [4.78, 5) is 2.50. The Balaban J connectivity index is 0.000000359. The van der Waals surface area contributed by atoms with Crippen LogP contribution in [0.2, 0.25) is 0 Å². The Labute approximate surface area is 178 Å². The van der Waals surface area contributed by atoms with Gasteiger partial charge in [0.15, 0.2) is 0 Å². The maximum absolute atomic E-state index is 9.20. The Morgan fingerprint density at radius 3 is 2.55 bits per heavy atom. The van der Waals surface area contributed by atoms with Gasteiger partial charge in [0.25, 0.3) is 0 Å². The molecule has 0 amide bonds. The van der Waals surface area contributed by atoms with E-state index < -0.39 is 0 Å². The van der Waals surface area contributed by atoms with Crippen molar-refractivity contribution in [3.05, 3.63) is 12.2 Å². The molecule has 5 fully saturated rings. The van der Waals surface area contributed by atoms with Crippen LogP contribution in [0.4, 0.5) is 0 Å². The first-order chi connectivity index (χ1) is 14.1. The third kappa shape index (κ3) is 4.76. The van der Waals surface area contributed by atoms with Crippen LogP contribution in [0.1, 0.15) is 71.1 Å². The molecule has 3 aliphatic carbocycles. The van der Waals surface area contributed by atoms with E-state index in [4.69, 9.17) is 9.47 Å². The largest absolute Gasteiger partial charge is 0.396 e. The van der Waals surface area contributed by atoms with Crippen LogP contribution in [0.15, 0.2) is 12.2 Å². The smallest absolute Gasteiger partial charge is 0.147 e.